The molecule has 0 aromatic heterocycles. The summed E-state index contributed by atoms with van der Waals surface area (Å²) < 4.78 is 18.5. The maximum Gasteiger partial charge on any atom is 0.407 e. The Morgan fingerprint density at radius 3 is 2.71 bits per heavy atom. The Labute approximate surface area is 99.2 Å². The summed E-state index contributed by atoms with van der Waals surface area (Å²) in [5, 5.41) is 5.24. The van der Waals surface area contributed by atoms with Crippen LogP contribution in [0.5, 0.6) is 0 Å². The number of hydrogen-bond acceptors (Lipinski definition) is 3. The van der Waals surface area contributed by atoms with E-state index in [-0.39, 0.29) is 26.2 Å². The van der Waals surface area contributed by atoms with Crippen LogP contribution in [0, 0.1) is 0 Å². The number of benzene rings is 1. The van der Waals surface area contributed by atoms with Gasteiger partial charge in [0.25, 0.3) is 0 Å². The molecule has 0 atom stereocenters. The Hall–Kier alpha value is -1.62. The van der Waals surface area contributed by atoms with Gasteiger partial charge in [-0.25, -0.2) is 9.18 Å². The number of hydrogen-bond donors (Lipinski definition) is 2. The molecule has 0 radical (unpaired) electrons. The number of carbonyl (C=O) groups is 1. The topological polar surface area (TPSA) is 50.4 Å². The predicted octanol–water partition coefficient (Wildman–Crippen LogP) is 1.22. The van der Waals surface area contributed by atoms with Crippen LogP contribution in [0.4, 0.5) is 9.18 Å². The van der Waals surface area contributed by atoms with E-state index in [1.165, 1.54) is 0 Å². The third kappa shape index (κ3) is 3.42. The highest BCUT2D eigenvalue weighted by Gasteiger charge is 2.37. The van der Waals surface area contributed by atoms with Crippen LogP contribution in [0.2, 0.25) is 0 Å². The molecule has 1 aliphatic rings. The number of nitrogens with one attached hydrogen (secondary N) is 2. The maximum atomic E-state index is 13.5. The summed E-state index contributed by atoms with van der Waals surface area (Å²) >= 11 is 0. The van der Waals surface area contributed by atoms with Crippen LogP contribution in [0.25, 0.3) is 0 Å². The number of amides is 1. The summed E-state index contributed by atoms with van der Waals surface area (Å²) in [4.78, 5) is 11.3. The summed E-state index contributed by atoms with van der Waals surface area (Å²) in [5.74, 6) is 0. The molecule has 5 heteroatoms. The van der Waals surface area contributed by atoms with E-state index >= 15 is 0 Å². The average Bonchev–Trinajstić information content (AvgIpc) is 2.33. The predicted molar refractivity (Wildman–Crippen MR) is 61.3 cm³/mol. The number of alkyl halides is 1. The minimum atomic E-state index is -1.31. The van der Waals surface area contributed by atoms with Gasteiger partial charge in [0, 0.05) is 13.1 Å². The Balaban J connectivity index is 1.67. The van der Waals surface area contributed by atoms with Crippen molar-refractivity contribution in [1.82, 2.24) is 10.6 Å². The van der Waals surface area contributed by atoms with Crippen LogP contribution in [-0.2, 0) is 11.3 Å². The van der Waals surface area contributed by atoms with E-state index in [0.29, 0.717) is 0 Å². The maximum absolute atomic E-state index is 13.5. The van der Waals surface area contributed by atoms with Crippen molar-refractivity contribution in [2.45, 2.75) is 12.3 Å². The lowest BCUT2D eigenvalue weighted by Crippen LogP contribution is -2.61. The molecular formula is C12H15FN2O2. The van der Waals surface area contributed by atoms with Gasteiger partial charge in [0.2, 0.25) is 0 Å². The number of rotatable bonds is 4. The Bertz CT molecular complexity index is 379. The Kier molecular flexibility index (Phi) is 3.58. The average molecular weight is 238 g/mol. The molecular weight excluding hydrogens is 223 g/mol. The number of carbonyl (C=O) groups excluding carboxylic acids is 1. The zero-order valence-corrected chi connectivity index (χ0v) is 9.41. The van der Waals surface area contributed by atoms with Gasteiger partial charge in [-0.2, -0.15) is 0 Å². The van der Waals surface area contributed by atoms with Crippen molar-refractivity contribution >= 4 is 6.09 Å². The van der Waals surface area contributed by atoms with Crippen molar-refractivity contribution in [1.29, 1.82) is 0 Å². The first-order chi connectivity index (χ1) is 8.18. The number of halogens is 1. The quantitative estimate of drug-likeness (QED) is 0.829. The lowest BCUT2D eigenvalue weighted by molar-refractivity contribution is 0.0810. The normalized spacial score (nSPS) is 17.0. The highest BCUT2D eigenvalue weighted by atomic mass is 19.1. The lowest BCUT2D eigenvalue weighted by Gasteiger charge is -2.34. The molecule has 1 saturated heterocycles. The van der Waals surface area contributed by atoms with Crippen LogP contribution in [-0.4, -0.2) is 31.4 Å². The van der Waals surface area contributed by atoms with Gasteiger partial charge in [-0.1, -0.05) is 30.3 Å². The van der Waals surface area contributed by atoms with E-state index in [9.17, 15) is 9.18 Å². The van der Waals surface area contributed by atoms with Crippen molar-refractivity contribution in [2.75, 3.05) is 19.6 Å². The van der Waals surface area contributed by atoms with Crippen LogP contribution >= 0.6 is 0 Å². The fourth-order valence-electron chi connectivity index (χ4n) is 1.53. The number of alkyl carbamates (subject to hydrolysis) is 1. The van der Waals surface area contributed by atoms with Crippen LogP contribution in [0.15, 0.2) is 30.3 Å². The van der Waals surface area contributed by atoms with E-state index < -0.39 is 11.8 Å². The molecule has 0 bridgehead atoms. The first-order valence-electron chi connectivity index (χ1n) is 5.52. The molecule has 1 aromatic carbocycles. The van der Waals surface area contributed by atoms with Crippen molar-refractivity contribution in [2.24, 2.45) is 0 Å². The van der Waals surface area contributed by atoms with E-state index in [2.05, 4.69) is 10.6 Å². The van der Waals surface area contributed by atoms with Gasteiger partial charge < -0.3 is 15.4 Å². The van der Waals surface area contributed by atoms with Crippen LogP contribution in [0.3, 0.4) is 0 Å². The molecule has 1 amide bonds. The van der Waals surface area contributed by atoms with Gasteiger partial charge >= 0.3 is 6.09 Å². The molecule has 1 heterocycles. The molecule has 1 aliphatic heterocycles. The van der Waals surface area contributed by atoms with Crippen molar-refractivity contribution < 1.29 is 13.9 Å². The molecule has 0 aliphatic carbocycles. The third-order valence-corrected chi connectivity index (χ3v) is 2.65. The molecule has 1 aromatic rings. The van der Waals surface area contributed by atoms with E-state index in [4.69, 9.17) is 4.74 Å². The summed E-state index contributed by atoms with van der Waals surface area (Å²) in [6, 6.07) is 9.35. The van der Waals surface area contributed by atoms with Crippen LogP contribution < -0.4 is 10.6 Å². The monoisotopic (exact) mass is 238 g/mol. The van der Waals surface area contributed by atoms with E-state index in [1.807, 2.05) is 30.3 Å². The second kappa shape index (κ2) is 5.14. The summed E-state index contributed by atoms with van der Waals surface area (Å²) in [6.45, 7) is 0.760. The standard InChI is InChI=1S/C12H15FN2O2/c13-12(7-14-8-12)9-15-11(16)17-6-10-4-2-1-3-5-10/h1-5,14H,6-9H2,(H,15,16). The summed E-state index contributed by atoms with van der Waals surface area (Å²) in [7, 11) is 0. The second-order valence-corrected chi connectivity index (χ2v) is 4.17. The Morgan fingerprint density at radius 2 is 2.12 bits per heavy atom. The smallest absolute Gasteiger partial charge is 0.407 e. The minimum Gasteiger partial charge on any atom is -0.445 e. The number of ether oxygens (including phenoxy) is 1. The lowest BCUT2D eigenvalue weighted by atomic mass is 10.00. The fourth-order valence-corrected chi connectivity index (χ4v) is 1.53. The van der Waals surface area contributed by atoms with Crippen molar-refractivity contribution in [3.05, 3.63) is 35.9 Å². The van der Waals surface area contributed by atoms with Crippen LogP contribution in [0.1, 0.15) is 5.56 Å². The molecule has 92 valence electrons. The van der Waals surface area contributed by atoms with E-state index in [1.54, 1.807) is 0 Å². The SMILES string of the molecule is O=C(NCC1(F)CNC1)OCc1ccccc1. The van der Waals surface area contributed by atoms with Gasteiger partial charge in [0.15, 0.2) is 5.67 Å². The first-order valence-corrected chi connectivity index (χ1v) is 5.52. The molecule has 4 nitrogen and oxygen atoms in total. The second-order valence-electron chi connectivity index (χ2n) is 4.17. The van der Waals surface area contributed by atoms with E-state index in [0.717, 1.165) is 5.56 Å². The van der Waals surface area contributed by atoms with Crippen molar-refractivity contribution in [3.63, 3.8) is 0 Å². The van der Waals surface area contributed by atoms with Crippen molar-refractivity contribution in [3.8, 4) is 0 Å². The fraction of sp³-hybridized carbons (Fsp3) is 0.417. The Morgan fingerprint density at radius 1 is 1.41 bits per heavy atom. The molecule has 0 unspecified atom stereocenters. The van der Waals surface area contributed by atoms with Gasteiger partial charge in [0.05, 0.1) is 6.54 Å². The third-order valence-electron chi connectivity index (χ3n) is 2.65. The molecule has 0 spiro atoms. The molecule has 2 rings (SSSR count). The zero-order valence-electron chi connectivity index (χ0n) is 9.41. The van der Waals surface area contributed by atoms with Gasteiger partial charge in [-0.05, 0) is 5.56 Å². The highest BCUT2D eigenvalue weighted by Crippen LogP contribution is 2.14. The largest absolute Gasteiger partial charge is 0.445 e. The highest BCUT2D eigenvalue weighted by molar-refractivity contribution is 5.67. The summed E-state index contributed by atoms with van der Waals surface area (Å²) in [5.41, 5.74) is -0.408. The van der Waals surface area contributed by atoms with Gasteiger partial charge in [0.1, 0.15) is 6.61 Å². The van der Waals surface area contributed by atoms with Gasteiger partial charge in [-0.15, -0.1) is 0 Å². The van der Waals surface area contributed by atoms with Gasteiger partial charge in [-0.3, -0.25) is 0 Å². The molecule has 2 N–H and O–H groups in total. The zero-order chi connectivity index (χ0) is 12.1. The molecule has 0 saturated carbocycles. The summed E-state index contributed by atoms with van der Waals surface area (Å²) in [6.07, 6.45) is -0.585. The molecule has 17 heavy (non-hydrogen) atoms. The molecule has 1 fully saturated rings. The minimum absolute atomic E-state index is 0.00633. The first kappa shape index (κ1) is 11.9.